The number of piperidine rings is 1. The van der Waals surface area contributed by atoms with E-state index in [-0.39, 0.29) is 0 Å². The van der Waals surface area contributed by atoms with Crippen LogP contribution in [-0.4, -0.2) is 71.4 Å². The van der Waals surface area contributed by atoms with Crippen molar-refractivity contribution in [3.8, 4) is 5.82 Å². The van der Waals surface area contributed by atoms with Crippen LogP contribution < -0.4 is 10.2 Å². The summed E-state index contributed by atoms with van der Waals surface area (Å²) in [4.78, 5) is 11.6. The summed E-state index contributed by atoms with van der Waals surface area (Å²) in [7, 11) is 1.00. The number of hydrogen-bond acceptors (Lipinski definition) is 7. The molecule has 2 saturated heterocycles. The van der Waals surface area contributed by atoms with Gasteiger partial charge in [0.25, 0.3) is 0 Å². The number of aliphatic hydroxyl groups excluding tert-OH is 1. The van der Waals surface area contributed by atoms with Crippen molar-refractivity contribution in [2.75, 3.05) is 51.4 Å². The molecule has 2 aromatic heterocycles. The highest BCUT2D eigenvalue weighted by Crippen LogP contribution is 2.34. The van der Waals surface area contributed by atoms with Gasteiger partial charge in [0.1, 0.15) is 11.6 Å². The van der Waals surface area contributed by atoms with E-state index >= 15 is 0 Å². The molecule has 0 spiro atoms. The molecule has 4 heterocycles. The van der Waals surface area contributed by atoms with Crippen LogP contribution in [0.2, 0.25) is 5.02 Å². The zero-order valence-electron chi connectivity index (χ0n) is 18.0. The lowest BCUT2D eigenvalue weighted by molar-refractivity contribution is 0.122. The molecule has 0 unspecified atom stereocenters. The number of rotatable bonds is 3. The van der Waals surface area contributed by atoms with E-state index in [2.05, 4.69) is 31.3 Å². The lowest BCUT2D eigenvalue weighted by Crippen LogP contribution is -2.37. The number of ether oxygens (including phenoxy) is 1. The predicted octanol–water partition coefficient (Wildman–Crippen LogP) is 2.69. The van der Waals surface area contributed by atoms with Crippen molar-refractivity contribution >= 4 is 28.3 Å². The van der Waals surface area contributed by atoms with Gasteiger partial charge in [-0.05, 0) is 56.5 Å². The van der Waals surface area contributed by atoms with Gasteiger partial charge < -0.3 is 20.1 Å². The minimum atomic E-state index is 0.479. The summed E-state index contributed by atoms with van der Waals surface area (Å²) in [6, 6.07) is 6.25. The second kappa shape index (κ2) is 9.91. The minimum absolute atomic E-state index is 0.479. The highest BCUT2D eigenvalue weighted by atomic mass is 35.5. The molecule has 0 radical (unpaired) electrons. The van der Waals surface area contributed by atoms with Crippen LogP contribution in [-0.2, 0) is 4.74 Å². The lowest BCUT2D eigenvalue weighted by atomic mass is 9.90. The maximum Gasteiger partial charge on any atom is 0.159 e. The average Bonchev–Trinajstić information content (AvgIpc) is 3.23. The van der Waals surface area contributed by atoms with Crippen molar-refractivity contribution in [2.24, 2.45) is 0 Å². The van der Waals surface area contributed by atoms with Crippen molar-refractivity contribution in [3.63, 3.8) is 0 Å². The van der Waals surface area contributed by atoms with Gasteiger partial charge in [0.15, 0.2) is 5.82 Å². The Bertz CT molecular complexity index is 1030. The molecule has 1 aromatic carbocycles. The Kier molecular flexibility index (Phi) is 7.02. The molecule has 0 amide bonds. The van der Waals surface area contributed by atoms with Gasteiger partial charge in [-0.3, -0.25) is 0 Å². The number of aliphatic hydroxyl groups is 1. The predicted molar refractivity (Wildman–Crippen MR) is 122 cm³/mol. The van der Waals surface area contributed by atoms with Crippen LogP contribution in [0, 0.1) is 6.92 Å². The zero-order chi connectivity index (χ0) is 21.8. The van der Waals surface area contributed by atoms with Gasteiger partial charge in [-0.15, -0.1) is 0 Å². The van der Waals surface area contributed by atoms with Gasteiger partial charge in [-0.2, -0.15) is 5.10 Å². The zero-order valence-corrected chi connectivity index (χ0v) is 18.8. The van der Waals surface area contributed by atoms with E-state index in [0.717, 1.165) is 92.7 Å². The molecular formula is C22H29ClN6O2. The summed E-state index contributed by atoms with van der Waals surface area (Å²) in [6.07, 6.45) is 4.07. The number of nitrogens with one attached hydrogen (secondary N) is 1. The van der Waals surface area contributed by atoms with Crippen molar-refractivity contribution in [2.45, 2.75) is 25.7 Å². The van der Waals surface area contributed by atoms with Gasteiger partial charge in [0.05, 0.1) is 24.9 Å². The third kappa shape index (κ3) is 4.67. The topological polar surface area (TPSA) is 88.3 Å². The molecule has 8 nitrogen and oxygen atoms in total. The molecule has 0 saturated carbocycles. The molecule has 2 aliphatic heterocycles. The lowest BCUT2D eigenvalue weighted by Gasteiger charge is -2.28. The fraction of sp³-hybridized carbons (Fsp3) is 0.500. The SMILES string of the molecule is CO.Cc1nc(N2CCOCC2)cc(-n2ncc3cc(Cl)c(C4CCNCC4)cc32)n1. The van der Waals surface area contributed by atoms with Crippen LogP contribution in [0.3, 0.4) is 0 Å². The Balaban J connectivity index is 0.00000112. The molecule has 31 heavy (non-hydrogen) atoms. The molecule has 0 atom stereocenters. The second-order valence-electron chi connectivity index (χ2n) is 7.74. The Labute approximate surface area is 187 Å². The van der Waals surface area contributed by atoms with Crippen molar-refractivity contribution in [3.05, 3.63) is 40.8 Å². The molecule has 5 rings (SSSR count). The van der Waals surface area contributed by atoms with Crippen LogP contribution in [0.1, 0.15) is 30.1 Å². The third-order valence-corrected chi connectivity index (χ3v) is 6.16. The van der Waals surface area contributed by atoms with Crippen LogP contribution in [0.5, 0.6) is 0 Å². The highest BCUT2D eigenvalue weighted by molar-refractivity contribution is 6.32. The average molecular weight is 445 g/mol. The molecular weight excluding hydrogens is 416 g/mol. The van der Waals surface area contributed by atoms with E-state index in [1.807, 2.05) is 29.9 Å². The number of aromatic nitrogens is 4. The molecule has 9 heteroatoms. The van der Waals surface area contributed by atoms with Crippen LogP contribution in [0.25, 0.3) is 16.7 Å². The first-order valence-corrected chi connectivity index (χ1v) is 11.1. The van der Waals surface area contributed by atoms with Crippen molar-refractivity contribution in [1.82, 2.24) is 25.1 Å². The first-order chi connectivity index (χ1) is 15.2. The normalized spacial score (nSPS) is 17.5. The Hall–Kier alpha value is -2.26. The number of hydrogen-bond donors (Lipinski definition) is 2. The first-order valence-electron chi connectivity index (χ1n) is 10.7. The van der Waals surface area contributed by atoms with E-state index in [9.17, 15) is 0 Å². The van der Waals surface area contributed by atoms with Crippen LogP contribution >= 0.6 is 11.6 Å². The Morgan fingerprint density at radius 2 is 1.77 bits per heavy atom. The fourth-order valence-electron chi connectivity index (χ4n) is 4.29. The second-order valence-corrected chi connectivity index (χ2v) is 8.15. The standard InChI is InChI=1S/C21H25ClN6O.CH4O/c1-14-25-20(27-6-8-29-9-7-27)12-21(26-14)28-19-11-17(15-2-4-23-5-3-15)18(22)10-16(19)13-24-28;1-2/h10-13,15,23H,2-9H2,1H3;2H,1H3. The Morgan fingerprint density at radius 3 is 2.52 bits per heavy atom. The Morgan fingerprint density at radius 1 is 1.06 bits per heavy atom. The summed E-state index contributed by atoms with van der Waals surface area (Å²) in [5.41, 5.74) is 2.25. The third-order valence-electron chi connectivity index (χ3n) is 5.83. The van der Waals surface area contributed by atoms with E-state index in [1.54, 1.807) is 0 Å². The number of morpholine rings is 1. The summed E-state index contributed by atoms with van der Waals surface area (Å²) in [5.74, 6) is 2.92. The summed E-state index contributed by atoms with van der Waals surface area (Å²) < 4.78 is 7.39. The minimum Gasteiger partial charge on any atom is -0.400 e. The number of benzene rings is 1. The largest absolute Gasteiger partial charge is 0.400 e. The van der Waals surface area contributed by atoms with Gasteiger partial charge >= 0.3 is 0 Å². The van der Waals surface area contributed by atoms with Crippen LogP contribution in [0.4, 0.5) is 5.82 Å². The quantitative estimate of drug-likeness (QED) is 0.642. The number of fused-ring (bicyclic) bond motifs is 1. The van der Waals surface area contributed by atoms with E-state index in [0.29, 0.717) is 5.92 Å². The highest BCUT2D eigenvalue weighted by Gasteiger charge is 2.21. The molecule has 0 aliphatic carbocycles. The molecule has 3 aromatic rings. The molecule has 2 N–H and O–H groups in total. The van der Waals surface area contributed by atoms with Gasteiger partial charge in [0, 0.05) is 36.7 Å². The van der Waals surface area contributed by atoms with E-state index in [4.69, 9.17) is 21.4 Å². The van der Waals surface area contributed by atoms with Gasteiger partial charge in [0.2, 0.25) is 0 Å². The maximum absolute atomic E-state index is 7.00. The van der Waals surface area contributed by atoms with E-state index < -0.39 is 0 Å². The van der Waals surface area contributed by atoms with Gasteiger partial charge in [-0.1, -0.05) is 11.6 Å². The molecule has 2 fully saturated rings. The monoisotopic (exact) mass is 444 g/mol. The summed E-state index contributed by atoms with van der Waals surface area (Å²) in [6.45, 7) is 7.12. The molecule has 2 aliphatic rings. The van der Waals surface area contributed by atoms with Gasteiger partial charge in [-0.25, -0.2) is 14.6 Å². The maximum atomic E-state index is 7.00. The fourth-order valence-corrected chi connectivity index (χ4v) is 4.62. The van der Waals surface area contributed by atoms with Crippen molar-refractivity contribution < 1.29 is 9.84 Å². The number of aryl methyl sites for hydroxylation is 1. The van der Waals surface area contributed by atoms with E-state index in [1.165, 1.54) is 5.56 Å². The van der Waals surface area contributed by atoms with Crippen molar-refractivity contribution in [1.29, 1.82) is 0 Å². The first kappa shape index (κ1) is 22.0. The smallest absolute Gasteiger partial charge is 0.159 e. The number of anilines is 1. The number of nitrogens with zero attached hydrogens (tertiary/aromatic N) is 5. The molecule has 0 bridgehead atoms. The summed E-state index contributed by atoms with van der Waals surface area (Å²) >= 11 is 6.64. The number of halogens is 1. The summed E-state index contributed by atoms with van der Waals surface area (Å²) in [5, 5.41) is 16.9. The molecule has 166 valence electrons. The van der Waals surface area contributed by atoms with Crippen LogP contribution in [0.15, 0.2) is 24.4 Å².